The third kappa shape index (κ3) is 3.41. The molecule has 0 spiro atoms. The number of hydrogen-bond donors (Lipinski definition) is 2. The summed E-state index contributed by atoms with van der Waals surface area (Å²) >= 11 is 0. The number of phenols is 1. The van der Waals surface area contributed by atoms with Crippen LogP contribution >= 0.6 is 0 Å². The smallest absolute Gasteiger partial charge is 0.121 e. The number of hydrogen-bond acceptors (Lipinski definition) is 2. The molecule has 2 N–H and O–H groups in total. The Hall–Kier alpha value is -1.80. The van der Waals surface area contributed by atoms with Crippen molar-refractivity contribution in [2.24, 2.45) is 0 Å². The first kappa shape index (κ1) is 9.43. The Kier molecular flexibility index (Phi) is 3.91. The Balaban J connectivity index is 3.06. The van der Waals surface area contributed by atoms with E-state index in [1.165, 1.54) is 6.07 Å². The second-order valence-electron chi connectivity index (χ2n) is 3.12. The molecule has 0 aliphatic heterocycles. The van der Waals surface area contributed by atoms with Crippen LogP contribution in [0.5, 0.6) is 5.75 Å². The van der Waals surface area contributed by atoms with Crippen molar-refractivity contribution in [1.82, 2.24) is 0 Å². The third-order valence-corrected chi connectivity index (χ3v) is 1.99. The van der Waals surface area contributed by atoms with Crippen LogP contribution in [0.1, 0.15) is 20.8 Å². The highest BCUT2D eigenvalue weighted by atomic mass is 16.3. The lowest BCUT2D eigenvalue weighted by Gasteiger charge is -2.04. The van der Waals surface area contributed by atoms with E-state index in [0.717, 1.165) is 0 Å². The zero-order valence-corrected chi connectivity index (χ0v) is 9.09. The summed E-state index contributed by atoms with van der Waals surface area (Å²) in [6.45, 7) is -0.667. The fraction of sp³-hybridized carbons (Fsp3) is 0.143. The van der Waals surface area contributed by atoms with E-state index in [0.29, 0.717) is 5.56 Å². The molecule has 0 fully saturated rings. The van der Waals surface area contributed by atoms with Gasteiger partial charge in [-0.05, 0) is 18.6 Å². The first-order valence-electron chi connectivity index (χ1n) is 5.97. The Morgan fingerprint density at radius 1 is 1.25 bits per heavy atom. The Bertz CT molecular complexity index is 483. The number of allylic oxidation sites excluding steroid dienone is 5. The van der Waals surface area contributed by atoms with Gasteiger partial charge in [0, 0.05) is 5.56 Å². The van der Waals surface area contributed by atoms with Crippen molar-refractivity contribution in [2.75, 3.05) is 0 Å². The van der Waals surface area contributed by atoms with Gasteiger partial charge in [-0.15, -0.1) is 0 Å². The van der Waals surface area contributed by atoms with E-state index in [1.54, 1.807) is 30.4 Å². The molecular weight excluding hydrogens is 200 g/mol. The second-order valence-corrected chi connectivity index (χ2v) is 3.12. The fourth-order valence-electron chi connectivity index (χ4n) is 1.22. The maximum Gasteiger partial charge on any atom is 0.121 e. The molecule has 0 aliphatic carbocycles. The summed E-state index contributed by atoms with van der Waals surface area (Å²) in [4.78, 5) is 0. The summed E-state index contributed by atoms with van der Waals surface area (Å²) in [6, 6.07) is 4.57. The minimum Gasteiger partial charge on any atom is -0.508 e. The molecular formula is C14H16O2. The number of aliphatic hydroxyl groups is 1. The van der Waals surface area contributed by atoms with Crippen LogP contribution in [0.4, 0.5) is 0 Å². The third-order valence-electron chi connectivity index (χ3n) is 1.99. The largest absolute Gasteiger partial charge is 0.508 e. The minimum atomic E-state index is -2.57. The lowest BCUT2D eigenvalue weighted by Crippen LogP contribution is -1.88. The summed E-state index contributed by atoms with van der Waals surface area (Å²) in [6.07, 6.45) is 10.7. The van der Waals surface area contributed by atoms with Crippen LogP contribution in [0.2, 0.25) is 0 Å². The lowest BCUT2D eigenvalue weighted by molar-refractivity contribution is 0.275. The van der Waals surface area contributed by atoms with Crippen LogP contribution in [0.25, 0.3) is 6.08 Å². The molecule has 0 saturated carbocycles. The molecule has 0 aliphatic rings. The fourth-order valence-corrected chi connectivity index (χ4v) is 1.22. The molecule has 1 rings (SSSR count). The van der Waals surface area contributed by atoms with Gasteiger partial charge in [0.15, 0.2) is 0 Å². The van der Waals surface area contributed by atoms with Gasteiger partial charge in [-0.25, -0.2) is 0 Å². The van der Waals surface area contributed by atoms with Crippen LogP contribution < -0.4 is 0 Å². The van der Waals surface area contributed by atoms with E-state index in [2.05, 4.69) is 0 Å². The van der Waals surface area contributed by atoms with E-state index >= 15 is 0 Å². The molecule has 0 radical (unpaired) electrons. The highest BCUT2D eigenvalue weighted by molar-refractivity contribution is 5.58. The minimum absolute atomic E-state index is 0.124. The lowest BCUT2D eigenvalue weighted by atomic mass is 10.1. The molecule has 0 saturated heterocycles. The normalized spacial score (nSPS) is 14.9. The molecule has 2 nitrogen and oxygen atoms in total. The van der Waals surface area contributed by atoms with Crippen molar-refractivity contribution in [2.45, 2.75) is 13.5 Å². The van der Waals surface area contributed by atoms with Crippen LogP contribution in [-0.4, -0.2) is 10.2 Å². The molecule has 16 heavy (non-hydrogen) atoms. The predicted octanol–water partition coefficient (Wildman–Crippen LogP) is 3.03. The zero-order valence-electron chi connectivity index (χ0n) is 11.1. The molecule has 0 atom stereocenters. The molecule has 0 unspecified atom stereocenters. The van der Waals surface area contributed by atoms with E-state index in [9.17, 15) is 10.2 Å². The Labute approximate surface area is 98.7 Å². The Morgan fingerprint density at radius 2 is 2.00 bits per heavy atom. The van der Waals surface area contributed by atoms with Gasteiger partial charge < -0.3 is 10.2 Å². The van der Waals surface area contributed by atoms with Gasteiger partial charge in [0.1, 0.15) is 5.75 Å². The maximum absolute atomic E-state index is 9.60. The van der Waals surface area contributed by atoms with Crippen LogP contribution in [0, 0.1) is 0 Å². The number of rotatable bonds is 4. The van der Waals surface area contributed by atoms with E-state index < -0.39 is 6.56 Å². The molecule has 0 bridgehead atoms. The molecule has 84 valence electrons. The summed E-state index contributed by atoms with van der Waals surface area (Å²) in [5.74, 6) is -0.262. The summed E-state index contributed by atoms with van der Waals surface area (Å²) < 4.78 is 14.6. The van der Waals surface area contributed by atoms with Gasteiger partial charge in [0.25, 0.3) is 0 Å². The first-order chi connectivity index (χ1) is 8.46. The van der Waals surface area contributed by atoms with E-state index in [-0.39, 0.29) is 11.3 Å². The standard InChI is InChI=1S/C14H16O2/c1-2-3-4-5-6-8-12-9-7-10-14(16)13(12)11-15/h2-10,15-16H,11H2,1H3/b3-2+,5-4+,8-6+/i11D2. The van der Waals surface area contributed by atoms with Crippen molar-refractivity contribution < 1.29 is 13.0 Å². The molecule has 2 heteroatoms. The van der Waals surface area contributed by atoms with Crippen LogP contribution in [-0.2, 0) is 6.56 Å². The zero-order chi connectivity index (χ0) is 13.6. The van der Waals surface area contributed by atoms with E-state index in [1.807, 2.05) is 25.2 Å². The van der Waals surface area contributed by atoms with Gasteiger partial charge in [0.2, 0.25) is 0 Å². The molecule has 0 heterocycles. The average molecular weight is 218 g/mol. The predicted molar refractivity (Wildman–Crippen MR) is 67.0 cm³/mol. The quantitative estimate of drug-likeness (QED) is 0.763. The van der Waals surface area contributed by atoms with Crippen molar-refractivity contribution in [3.8, 4) is 5.75 Å². The SMILES string of the molecule is [2H]C([2H])(O)c1c(O)cccc1/C=C/C=C/C=C/C. The van der Waals surface area contributed by atoms with Crippen molar-refractivity contribution >= 4 is 6.08 Å². The van der Waals surface area contributed by atoms with Gasteiger partial charge in [-0.3, -0.25) is 0 Å². The molecule has 1 aromatic rings. The summed E-state index contributed by atoms with van der Waals surface area (Å²) in [5, 5.41) is 19.0. The van der Waals surface area contributed by atoms with Crippen molar-refractivity contribution in [3.05, 3.63) is 59.7 Å². The highest BCUT2D eigenvalue weighted by Crippen LogP contribution is 2.21. The molecule has 1 aromatic carbocycles. The highest BCUT2D eigenvalue weighted by Gasteiger charge is 2.02. The summed E-state index contributed by atoms with van der Waals surface area (Å²) in [7, 11) is 0. The second kappa shape index (κ2) is 6.64. The maximum atomic E-state index is 9.60. The van der Waals surface area contributed by atoms with Crippen molar-refractivity contribution in [1.29, 1.82) is 0 Å². The Morgan fingerprint density at radius 3 is 2.69 bits per heavy atom. The van der Waals surface area contributed by atoms with Gasteiger partial charge in [0.05, 0.1) is 9.30 Å². The van der Waals surface area contributed by atoms with Gasteiger partial charge >= 0.3 is 0 Å². The topological polar surface area (TPSA) is 40.5 Å². The first-order valence-corrected chi connectivity index (χ1v) is 4.97. The van der Waals surface area contributed by atoms with Crippen molar-refractivity contribution in [3.63, 3.8) is 0 Å². The molecule has 0 aromatic heterocycles. The monoisotopic (exact) mass is 218 g/mol. The summed E-state index contributed by atoms with van der Waals surface area (Å²) in [5.41, 5.74) is 0.313. The van der Waals surface area contributed by atoms with Crippen LogP contribution in [0.3, 0.4) is 0 Å². The van der Waals surface area contributed by atoms with Gasteiger partial charge in [-0.1, -0.05) is 48.6 Å². The van der Waals surface area contributed by atoms with E-state index in [4.69, 9.17) is 2.74 Å². The molecule has 0 amide bonds. The van der Waals surface area contributed by atoms with Crippen LogP contribution in [0.15, 0.2) is 48.6 Å². The van der Waals surface area contributed by atoms with Gasteiger partial charge in [-0.2, -0.15) is 0 Å². The number of benzene rings is 1. The number of aromatic hydroxyl groups is 1. The average Bonchev–Trinajstić information content (AvgIpc) is 2.27.